The number of fused-ring (bicyclic) bond motifs is 1. The molecule has 0 saturated heterocycles. The lowest BCUT2D eigenvalue weighted by Gasteiger charge is -2.16. The van der Waals surface area contributed by atoms with Crippen molar-refractivity contribution in [1.29, 1.82) is 0 Å². The molecule has 150 valence electrons. The quantitative estimate of drug-likeness (QED) is 0.471. The third-order valence-electron chi connectivity index (χ3n) is 4.40. The van der Waals surface area contributed by atoms with Crippen LogP contribution in [0.25, 0.3) is 11.7 Å². The first-order chi connectivity index (χ1) is 13.9. The summed E-state index contributed by atoms with van der Waals surface area (Å²) in [4.78, 5) is 28.8. The Balaban J connectivity index is 1.65. The predicted molar refractivity (Wildman–Crippen MR) is 114 cm³/mol. The number of para-hydroxylation sites is 1. The van der Waals surface area contributed by atoms with Gasteiger partial charge in [0.15, 0.2) is 11.3 Å². The number of rotatable bonds is 6. The smallest absolute Gasteiger partial charge is 0.331 e. The molecular weight excluding hydrogens is 390 g/mol. The Morgan fingerprint density at radius 2 is 1.86 bits per heavy atom. The van der Waals surface area contributed by atoms with Crippen molar-refractivity contribution >= 4 is 40.9 Å². The van der Waals surface area contributed by atoms with Gasteiger partial charge in [0.2, 0.25) is 0 Å². The second-order valence-corrected chi connectivity index (χ2v) is 7.22. The molecule has 0 aliphatic carbocycles. The lowest BCUT2D eigenvalue weighted by Crippen LogP contribution is -2.29. The summed E-state index contributed by atoms with van der Waals surface area (Å²) in [7, 11) is 0. The highest BCUT2D eigenvalue weighted by atomic mass is 35.5. The average Bonchev–Trinajstić information content (AvgIpc) is 3.01. The number of aromatic nitrogens is 2. The number of esters is 1. The van der Waals surface area contributed by atoms with E-state index in [0.717, 1.165) is 5.56 Å². The summed E-state index contributed by atoms with van der Waals surface area (Å²) < 4.78 is 6.98. The number of ether oxygens (including phenoxy) is 1. The molecule has 29 heavy (non-hydrogen) atoms. The zero-order valence-electron chi connectivity index (χ0n) is 16.4. The summed E-state index contributed by atoms with van der Waals surface area (Å²) in [5.74, 6) is -0.790. The number of imidazole rings is 1. The maximum Gasteiger partial charge on any atom is 0.331 e. The second kappa shape index (κ2) is 8.92. The van der Waals surface area contributed by atoms with Crippen LogP contribution in [0, 0.1) is 0 Å². The molecule has 0 saturated carbocycles. The van der Waals surface area contributed by atoms with E-state index in [4.69, 9.17) is 16.3 Å². The van der Waals surface area contributed by atoms with Gasteiger partial charge in [0.1, 0.15) is 5.65 Å². The molecule has 3 aromatic rings. The van der Waals surface area contributed by atoms with E-state index in [2.05, 4.69) is 10.3 Å². The third-order valence-corrected chi connectivity index (χ3v) is 4.68. The first kappa shape index (κ1) is 20.6. The van der Waals surface area contributed by atoms with Gasteiger partial charge in [-0.15, -0.1) is 0 Å². The number of carbonyl (C=O) groups is 2. The molecule has 1 atom stereocenters. The minimum atomic E-state index is -0.954. The predicted octanol–water partition coefficient (Wildman–Crippen LogP) is 4.69. The number of nitrogens with zero attached hydrogens (tertiary/aromatic N) is 2. The van der Waals surface area contributed by atoms with E-state index in [0.29, 0.717) is 17.0 Å². The fourth-order valence-electron chi connectivity index (χ4n) is 2.90. The minimum absolute atomic E-state index is 0.252. The zero-order chi connectivity index (χ0) is 21.0. The summed E-state index contributed by atoms with van der Waals surface area (Å²) in [6, 6.07) is 13.0. The molecule has 3 rings (SSSR count). The molecule has 6 nitrogen and oxygen atoms in total. The molecular formula is C22H22ClN3O3. The van der Waals surface area contributed by atoms with Gasteiger partial charge < -0.3 is 10.1 Å². The first-order valence-electron chi connectivity index (χ1n) is 9.28. The Labute approximate surface area is 174 Å². The van der Waals surface area contributed by atoms with Gasteiger partial charge in [-0.05, 0) is 42.7 Å². The van der Waals surface area contributed by atoms with Gasteiger partial charge in [-0.25, -0.2) is 9.78 Å². The van der Waals surface area contributed by atoms with Crippen LogP contribution in [-0.4, -0.2) is 27.4 Å². The van der Waals surface area contributed by atoms with Gasteiger partial charge in [-0.1, -0.05) is 49.7 Å². The van der Waals surface area contributed by atoms with Crippen LogP contribution in [0.15, 0.2) is 54.7 Å². The Hall–Kier alpha value is -3.12. The van der Waals surface area contributed by atoms with Crippen molar-refractivity contribution in [2.75, 3.05) is 5.32 Å². The number of hydrogen-bond acceptors (Lipinski definition) is 4. The summed E-state index contributed by atoms with van der Waals surface area (Å²) in [6.07, 6.45) is 3.59. The van der Waals surface area contributed by atoms with Crippen LogP contribution in [0.1, 0.15) is 37.9 Å². The van der Waals surface area contributed by atoms with Gasteiger partial charge in [0.05, 0.1) is 5.69 Å². The summed E-state index contributed by atoms with van der Waals surface area (Å²) >= 11 is 6.14. The largest absolute Gasteiger partial charge is 0.449 e. The van der Waals surface area contributed by atoms with Crippen LogP contribution < -0.4 is 5.32 Å². The third kappa shape index (κ3) is 4.84. The molecule has 0 radical (unpaired) electrons. The molecule has 0 bridgehead atoms. The number of carbonyl (C=O) groups excluding carboxylic acids is 2. The fraction of sp³-hybridized carbons (Fsp3) is 0.227. The molecule has 2 aromatic heterocycles. The maximum atomic E-state index is 12.4. The van der Waals surface area contributed by atoms with E-state index in [1.165, 1.54) is 19.1 Å². The van der Waals surface area contributed by atoms with Gasteiger partial charge in [-0.2, -0.15) is 0 Å². The zero-order valence-corrected chi connectivity index (χ0v) is 17.2. The first-order valence-corrected chi connectivity index (χ1v) is 9.65. The number of anilines is 1. The molecule has 0 fully saturated rings. The number of amides is 1. The van der Waals surface area contributed by atoms with Crippen molar-refractivity contribution < 1.29 is 14.3 Å². The standard InChI is InChI=1S/C22H22ClN3O3/c1-14(2)16-8-4-5-9-17(16)24-22(28)15(3)29-20(27)12-11-18-21(23)25-19-10-6-7-13-26(18)19/h4-15H,1-3H3,(H,24,28)/b12-11+/t15-/m1/s1. The van der Waals surface area contributed by atoms with Crippen LogP contribution >= 0.6 is 11.6 Å². The highest BCUT2D eigenvalue weighted by Crippen LogP contribution is 2.24. The number of hydrogen-bond donors (Lipinski definition) is 1. The van der Waals surface area contributed by atoms with Crippen LogP contribution in [0.5, 0.6) is 0 Å². The second-order valence-electron chi connectivity index (χ2n) is 6.86. The topological polar surface area (TPSA) is 72.7 Å². The molecule has 1 aromatic carbocycles. The Morgan fingerprint density at radius 3 is 2.62 bits per heavy atom. The number of nitrogens with one attached hydrogen (secondary N) is 1. The molecule has 2 heterocycles. The van der Waals surface area contributed by atoms with Crippen molar-refractivity contribution in [3.63, 3.8) is 0 Å². The van der Waals surface area contributed by atoms with Crippen molar-refractivity contribution in [2.45, 2.75) is 32.8 Å². The van der Waals surface area contributed by atoms with Crippen molar-refractivity contribution in [3.8, 4) is 0 Å². The highest BCUT2D eigenvalue weighted by Gasteiger charge is 2.18. The van der Waals surface area contributed by atoms with Gasteiger partial charge in [0, 0.05) is 18.0 Å². The Bertz CT molecular complexity index is 1070. The maximum absolute atomic E-state index is 12.4. The van der Waals surface area contributed by atoms with E-state index in [9.17, 15) is 9.59 Å². The van der Waals surface area contributed by atoms with E-state index < -0.39 is 18.0 Å². The fourth-order valence-corrected chi connectivity index (χ4v) is 3.14. The van der Waals surface area contributed by atoms with E-state index in [-0.39, 0.29) is 11.1 Å². The van der Waals surface area contributed by atoms with E-state index in [1.807, 2.05) is 56.3 Å². The minimum Gasteiger partial charge on any atom is -0.449 e. The van der Waals surface area contributed by atoms with Gasteiger partial charge in [0.25, 0.3) is 5.91 Å². The average molecular weight is 412 g/mol. The molecule has 1 amide bonds. The number of pyridine rings is 1. The van der Waals surface area contributed by atoms with Gasteiger partial charge in [-0.3, -0.25) is 9.20 Å². The highest BCUT2D eigenvalue weighted by molar-refractivity contribution is 6.31. The molecule has 0 unspecified atom stereocenters. The SMILES string of the molecule is CC(C)c1ccccc1NC(=O)[C@@H](C)OC(=O)/C=C/c1c(Cl)nc2ccccn12. The van der Waals surface area contributed by atoms with Crippen LogP contribution in [0.4, 0.5) is 5.69 Å². The molecule has 1 N–H and O–H groups in total. The molecule has 7 heteroatoms. The Morgan fingerprint density at radius 1 is 1.14 bits per heavy atom. The van der Waals surface area contributed by atoms with Crippen molar-refractivity contribution in [3.05, 3.63) is 71.1 Å². The van der Waals surface area contributed by atoms with Crippen molar-refractivity contribution in [2.24, 2.45) is 0 Å². The Kier molecular flexibility index (Phi) is 6.34. The summed E-state index contributed by atoms with van der Waals surface area (Å²) in [5.41, 5.74) is 2.95. The lowest BCUT2D eigenvalue weighted by molar-refractivity contribution is -0.148. The molecule has 0 spiro atoms. The lowest BCUT2D eigenvalue weighted by atomic mass is 10.0. The van der Waals surface area contributed by atoms with Crippen LogP contribution in [-0.2, 0) is 14.3 Å². The van der Waals surface area contributed by atoms with Crippen LogP contribution in [0.3, 0.4) is 0 Å². The number of halogens is 1. The molecule has 0 aliphatic rings. The molecule has 0 aliphatic heterocycles. The van der Waals surface area contributed by atoms with Crippen molar-refractivity contribution in [1.82, 2.24) is 9.38 Å². The van der Waals surface area contributed by atoms with Crippen LogP contribution in [0.2, 0.25) is 5.15 Å². The van der Waals surface area contributed by atoms with E-state index in [1.54, 1.807) is 10.6 Å². The monoisotopic (exact) mass is 411 g/mol. The summed E-state index contributed by atoms with van der Waals surface area (Å²) in [6.45, 7) is 5.62. The van der Waals surface area contributed by atoms with E-state index >= 15 is 0 Å². The number of benzene rings is 1. The normalized spacial score (nSPS) is 12.4. The summed E-state index contributed by atoms with van der Waals surface area (Å²) in [5, 5.41) is 3.10. The van der Waals surface area contributed by atoms with Gasteiger partial charge >= 0.3 is 5.97 Å².